The number of aromatic nitrogens is 4. The molecule has 0 aliphatic carbocycles. The van der Waals surface area contributed by atoms with Gasteiger partial charge in [0.2, 0.25) is 0 Å². The van der Waals surface area contributed by atoms with Crippen molar-refractivity contribution in [2.24, 2.45) is 7.05 Å². The van der Waals surface area contributed by atoms with E-state index in [0.717, 1.165) is 59.5 Å². The molecule has 4 rings (SSSR count). The van der Waals surface area contributed by atoms with Crippen LogP contribution in [0.15, 0.2) is 55.0 Å². The number of aliphatic carboxylic acids is 1. The van der Waals surface area contributed by atoms with Gasteiger partial charge in [0.05, 0.1) is 43.3 Å². The summed E-state index contributed by atoms with van der Waals surface area (Å²) in [5, 5.41) is 13.1. The van der Waals surface area contributed by atoms with E-state index in [1.165, 1.54) is 0 Å². The highest BCUT2D eigenvalue weighted by Crippen LogP contribution is 2.34. The summed E-state index contributed by atoms with van der Waals surface area (Å²) in [4.78, 5) is 22.5. The van der Waals surface area contributed by atoms with Crippen molar-refractivity contribution in [1.29, 1.82) is 0 Å². The van der Waals surface area contributed by atoms with E-state index in [0.29, 0.717) is 17.9 Å². The molecular formula is C27H31N5O4. The average molecular weight is 490 g/mol. The molecule has 2 aromatic carbocycles. The van der Waals surface area contributed by atoms with Crippen molar-refractivity contribution in [3.63, 3.8) is 0 Å². The van der Waals surface area contributed by atoms with Gasteiger partial charge in [0.1, 0.15) is 11.5 Å². The van der Waals surface area contributed by atoms with Gasteiger partial charge in [0.25, 0.3) is 0 Å². The highest BCUT2D eigenvalue weighted by molar-refractivity contribution is 5.82. The Balaban J connectivity index is 1.65. The standard InChI is InChI=1S/C27H31N5O4/c1-31-18-19(16-29-31)26-17-28-24-10-9-20(14-25(24)30-26)32(11-7-5-4-6-8-27(33)34)21-12-22(35-2)15-23(13-21)36-3/h9-10,12-18H,4-8,11H2,1-3H3,(H,33,34). The van der Waals surface area contributed by atoms with Gasteiger partial charge < -0.3 is 19.5 Å². The molecule has 188 valence electrons. The smallest absolute Gasteiger partial charge is 0.303 e. The van der Waals surface area contributed by atoms with Crippen LogP contribution in [0, 0.1) is 0 Å². The number of aryl methyl sites for hydroxylation is 1. The molecule has 0 aliphatic rings. The molecule has 0 bridgehead atoms. The zero-order chi connectivity index (χ0) is 25.5. The van der Waals surface area contributed by atoms with Crippen LogP contribution in [0.25, 0.3) is 22.3 Å². The van der Waals surface area contributed by atoms with E-state index in [-0.39, 0.29) is 6.42 Å². The van der Waals surface area contributed by atoms with E-state index in [1.807, 2.05) is 49.6 Å². The van der Waals surface area contributed by atoms with Gasteiger partial charge in [-0.15, -0.1) is 0 Å². The van der Waals surface area contributed by atoms with Crippen molar-refractivity contribution in [2.75, 3.05) is 25.7 Å². The van der Waals surface area contributed by atoms with Crippen LogP contribution < -0.4 is 14.4 Å². The van der Waals surface area contributed by atoms with Crippen LogP contribution in [-0.2, 0) is 11.8 Å². The first kappa shape index (κ1) is 25.0. The molecule has 4 aromatic rings. The Morgan fingerprint density at radius 1 is 0.944 bits per heavy atom. The van der Waals surface area contributed by atoms with Crippen LogP contribution in [0.1, 0.15) is 32.1 Å². The van der Waals surface area contributed by atoms with Gasteiger partial charge in [0, 0.05) is 61.3 Å². The molecule has 2 heterocycles. The molecule has 0 saturated heterocycles. The highest BCUT2D eigenvalue weighted by atomic mass is 16.5. The zero-order valence-corrected chi connectivity index (χ0v) is 20.8. The molecule has 0 fully saturated rings. The molecule has 0 radical (unpaired) electrons. The minimum absolute atomic E-state index is 0.208. The Morgan fingerprint density at radius 3 is 2.36 bits per heavy atom. The maximum atomic E-state index is 10.8. The molecule has 0 aliphatic heterocycles. The number of carboxylic acid groups (broad SMARTS) is 1. The van der Waals surface area contributed by atoms with Crippen molar-refractivity contribution in [2.45, 2.75) is 32.1 Å². The molecule has 0 saturated carbocycles. The van der Waals surface area contributed by atoms with Crippen LogP contribution in [0.5, 0.6) is 11.5 Å². The van der Waals surface area contributed by atoms with Gasteiger partial charge in [-0.2, -0.15) is 5.10 Å². The number of hydrogen-bond acceptors (Lipinski definition) is 7. The summed E-state index contributed by atoms with van der Waals surface area (Å²) in [5.74, 6) is 0.661. The Kier molecular flexibility index (Phi) is 7.99. The number of hydrogen-bond donors (Lipinski definition) is 1. The minimum atomic E-state index is -0.747. The number of benzene rings is 2. The number of carbonyl (C=O) groups is 1. The Bertz CT molecular complexity index is 1310. The third-order valence-corrected chi connectivity index (χ3v) is 6.01. The average Bonchev–Trinajstić information content (AvgIpc) is 3.33. The first-order chi connectivity index (χ1) is 17.5. The normalized spacial score (nSPS) is 11.0. The number of rotatable bonds is 12. The largest absolute Gasteiger partial charge is 0.497 e. The highest BCUT2D eigenvalue weighted by Gasteiger charge is 2.14. The summed E-state index contributed by atoms with van der Waals surface area (Å²) in [6.07, 6.45) is 9.06. The van der Waals surface area contributed by atoms with E-state index in [9.17, 15) is 4.79 Å². The number of carboxylic acids is 1. The van der Waals surface area contributed by atoms with Gasteiger partial charge in [-0.25, -0.2) is 4.98 Å². The van der Waals surface area contributed by atoms with E-state index in [1.54, 1.807) is 31.3 Å². The van der Waals surface area contributed by atoms with Crippen molar-refractivity contribution < 1.29 is 19.4 Å². The topological polar surface area (TPSA) is 103 Å². The maximum Gasteiger partial charge on any atom is 0.303 e. The second-order valence-corrected chi connectivity index (χ2v) is 8.61. The summed E-state index contributed by atoms with van der Waals surface area (Å²) < 4.78 is 12.8. The fourth-order valence-corrected chi connectivity index (χ4v) is 4.12. The predicted octanol–water partition coefficient (Wildman–Crippen LogP) is 5.22. The number of nitrogens with zero attached hydrogens (tertiary/aromatic N) is 5. The monoisotopic (exact) mass is 489 g/mol. The third kappa shape index (κ3) is 6.10. The lowest BCUT2D eigenvalue weighted by molar-refractivity contribution is -0.137. The first-order valence-corrected chi connectivity index (χ1v) is 11.9. The van der Waals surface area contributed by atoms with E-state index in [4.69, 9.17) is 19.6 Å². The predicted molar refractivity (Wildman–Crippen MR) is 139 cm³/mol. The van der Waals surface area contributed by atoms with Crippen LogP contribution in [0.3, 0.4) is 0 Å². The quantitative estimate of drug-likeness (QED) is 0.270. The second-order valence-electron chi connectivity index (χ2n) is 8.61. The van der Waals surface area contributed by atoms with E-state index < -0.39 is 5.97 Å². The molecular weight excluding hydrogens is 458 g/mol. The van der Waals surface area contributed by atoms with Crippen molar-refractivity contribution in [3.8, 4) is 22.8 Å². The van der Waals surface area contributed by atoms with Gasteiger partial charge in [-0.3, -0.25) is 14.5 Å². The zero-order valence-electron chi connectivity index (χ0n) is 20.8. The number of fused-ring (bicyclic) bond motifs is 1. The molecule has 2 aromatic heterocycles. The van der Waals surface area contributed by atoms with Crippen LogP contribution in [0.2, 0.25) is 0 Å². The molecule has 0 unspecified atom stereocenters. The minimum Gasteiger partial charge on any atom is -0.497 e. The van der Waals surface area contributed by atoms with Crippen molar-refractivity contribution >= 4 is 28.4 Å². The van der Waals surface area contributed by atoms with Crippen LogP contribution in [-0.4, -0.2) is 51.6 Å². The maximum absolute atomic E-state index is 10.8. The van der Waals surface area contributed by atoms with Crippen LogP contribution in [0.4, 0.5) is 11.4 Å². The molecule has 0 amide bonds. The van der Waals surface area contributed by atoms with Gasteiger partial charge in [0.15, 0.2) is 0 Å². The fraction of sp³-hybridized carbons (Fsp3) is 0.333. The SMILES string of the molecule is COc1cc(OC)cc(N(CCCCCCC(=O)O)c2ccc3ncc(-c4cnn(C)c4)nc3c2)c1. The lowest BCUT2D eigenvalue weighted by Gasteiger charge is -2.26. The lowest BCUT2D eigenvalue weighted by Crippen LogP contribution is -2.18. The molecule has 0 spiro atoms. The van der Waals surface area contributed by atoms with Gasteiger partial charge >= 0.3 is 5.97 Å². The molecule has 36 heavy (non-hydrogen) atoms. The van der Waals surface area contributed by atoms with Crippen molar-refractivity contribution in [3.05, 3.63) is 55.0 Å². The molecule has 9 nitrogen and oxygen atoms in total. The first-order valence-electron chi connectivity index (χ1n) is 11.9. The number of anilines is 2. The Labute approximate surface area is 210 Å². The van der Waals surface area contributed by atoms with Crippen molar-refractivity contribution in [1.82, 2.24) is 19.7 Å². The molecule has 0 atom stereocenters. The Morgan fingerprint density at radius 2 is 1.69 bits per heavy atom. The second kappa shape index (κ2) is 11.5. The number of unbranched alkanes of at least 4 members (excludes halogenated alkanes) is 3. The van der Waals surface area contributed by atoms with Gasteiger partial charge in [-0.05, 0) is 31.0 Å². The number of ether oxygens (including phenoxy) is 2. The fourth-order valence-electron chi connectivity index (χ4n) is 4.12. The van der Waals surface area contributed by atoms with E-state index in [2.05, 4.69) is 15.0 Å². The van der Waals surface area contributed by atoms with Gasteiger partial charge in [-0.1, -0.05) is 12.8 Å². The Hall–Kier alpha value is -4.14. The summed E-state index contributed by atoms with van der Waals surface area (Å²) >= 11 is 0. The number of methoxy groups -OCH3 is 2. The summed E-state index contributed by atoms with van der Waals surface area (Å²) in [5.41, 5.74) is 5.18. The summed E-state index contributed by atoms with van der Waals surface area (Å²) in [6, 6.07) is 11.9. The molecule has 1 N–H and O–H groups in total. The lowest BCUT2D eigenvalue weighted by atomic mass is 10.1. The third-order valence-electron chi connectivity index (χ3n) is 6.01. The van der Waals surface area contributed by atoms with Crippen LogP contribution >= 0.6 is 0 Å². The molecule has 9 heteroatoms. The summed E-state index contributed by atoms with van der Waals surface area (Å²) in [7, 11) is 5.14. The van der Waals surface area contributed by atoms with E-state index >= 15 is 0 Å². The summed E-state index contributed by atoms with van der Waals surface area (Å²) in [6.45, 7) is 0.741.